The Balaban J connectivity index is 0.00000136. The lowest BCUT2D eigenvalue weighted by Crippen LogP contribution is -2.40. The number of fused-ring (bicyclic) bond motifs is 1. The molecule has 0 saturated carbocycles. The number of aryl methyl sites for hydroxylation is 1. The van der Waals surface area contributed by atoms with Crippen molar-refractivity contribution >= 4 is 34.5 Å². The highest BCUT2D eigenvalue weighted by Gasteiger charge is 2.24. The third-order valence-corrected chi connectivity index (χ3v) is 4.70. The number of halogens is 1. The topological polar surface area (TPSA) is 83.1 Å². The summed E-state index contributed by atoms with van der Waals surface area (Å²) in [6.07, 6.45) is 3.52. The monoisotopic (exact) mass is 409 g/mol. The highest BCUT2D eigenvalue weighted by atomic mass is 35.5. The number of carbonyl (C=O) groups excluding carboxylic acids is 1. The maximum absolute atomic E-state index is 11.8. The van der Waals surface area contributed by atoms with Crippen molar-refractivity contribution in [3.63, 3.8) is 0 Å². The van der Waals surface area contributed by atoms with Crippen molar-refractivity contribution in [3.05, 3.63) is 17.0 Å². The normalized spacial score (nSPS) is 15.2. The van der Waals surface area contributed by atoms with Crippen molar-refractivity contribution < 1.29 is 9.53 Å². The van der Waals surface area contributed by atoms with Crippen LogP contribution in [0.2, 0.25) is 5.28 Å². The van der Waals surface area contributed by atoms with E-state index in [0.29, 0.717) is 12.5 Å². The molecule has 0 radical (unpaired) electrons. The first kappa shape index (κ1) is 22.3. The van der Waals surface area contributed by atoms with Gasteiger partial charge < -0.3 is 19.9 Å². The minimum atomic E-state index is -0.473. The molecule has 0 spiro atoms. The lowest BCUT2D eigenvalue weighted by atomic mass is 9.96. The van der Waals surface area contributed by atoms with Gasteiger partial charge in [0.2, 0.25) is 5.28 Å². The van der Waals surface area contributed by atoms with Gasteiger partial charge in [-0.05, 0) is 63.6 Å². The van der Waals surface area contributed by atoms with E-state index in [4.69, 9.17) is 16.3 Å². The summed E-state index contributed by atoms with van der Waals surface area (Å²) in [6.45, 7) is 14.0. The fourth-order valence-corrected chi connectivity index (χ4v) is 3.42. The van der Waals surface area contributed by atoms with Crippen molar-refractivity contribution in [1.82, 2.24) is 20.3 Å². The first-order valence-electron chi connectivity index (χ1n) is 9.96. The number of aromatic nitrogens is 3. The molecule has 2 N–H and O–H groups in total. The Labute approximate surface area is 172 Å². The Hall–Kier alpha value is -2.02. The standard InChI is InChI=1S/C18H26ClN5O2.C2H6/c1-11-9-20-14-13(11)15(23-16(19)22-14)24-7-5-12(6-8-24)10-21-17(25)26-18(2,3)4;1-2/h9,12H,5-8,10H2,1-4H3,(H,21,25)(H,20,22,23);1-2H3. The van der Waals surface area contributed by atoms with Gasteiger partial charge in [0, 0.05) is 25.8 Å². The van der Waals surface area contributed by atoms with Crippen molar-refractivity contribution in [2.75, 3.05) is 24.5 Å². The number of rotatable bonds is 3. The third kappa shape index (κ3) is 5.74. The summed E-state index contributed by atoms with van der Waals surface area (Å²) in [4.78, 5) is 25.9. The largest absolute Gasteiger partial charge is 0.444 e. The zero-order valence-corrected chi connectivity index (χ0v) is 18.5. The van der Waals surface area contributed by atoms with Gasteiger partial charge in [-0.3, -0.25) is 0 Å². The third-order valence-electron chi connectivity index (χ3n) is 4.53. The van der Waals surface area contributed by atoms with Gasteiger partial charge in [-0.1, -0.05) is 13.8 Å². The molecule has 0 aliphatic carbocycles. The van der Waals surface area contributed by atoms with Crippen molar-refractivity contribution in [2.24, 2.45) is 5.92 Å². The molecule has 28 heavy (non-hydrogen) atoms. The second-order valence-electron chi connectivity index (χ2n) is 7.82. The molecule has 7 nitrogen and oxygen atoms in total. The molecule has 1 fully saturated rings. The van der Waals surface area contributed by atoms with E-state index in [-0.39, 0.29) is 11.4 Å². The molecular weight excluding hydrogens is 378 g/mol. The van der Waals surface area contributed by atoms with Crippen LogP contribution in [0.1, 0.15) is 53.0 Å². The van der Waals surface area contributed by atoms with Gasteiger partial charge in [0.25, 0.3) is 0 Å². The van der Waals surface area contributed by atoms with Crippen LogP contribution >= 0.6 is 11.6 Å². The summed E-state index contributed by atoms with van der Waals surface area (Å²) >= 11 is 6.09. The Kier molecular flexibility index (Phi) is 7.52. The smallest absolute Gasteiger partial charge is 0.407 e. The second-order valence-corrected chi connectivity index (χ2v) is 8.16. The van der Waals surface area contributed by atoms with Gasteiger partial charge >= 0.3 is 6.09 Å². The van der Waals surface area contributed by atoms with E-state index in [1.54, 1.807) is 0 Å². The van der Waals surface area contributed by atoms with Crippen molar-refractivity contribution in [2.45, 2.75) is 60.0 Å². The van der Waals surface area contributed by atoms with Crippen LogP contribution in [-0.4, -0.2) is 46.3 Å². The molecule has 3 heterocycles. The molecule has 2 aromatic rings. The highest BCUT2D eigenvalue weighted by Crippen LogP contribution is 2.30. The molecule has 0 bridgehead atoms. The first-order valence-corrected chi connectivity index (χ1v) is 10.3. The highest BCUT2D eigenvalue weighted by molar-refractivity contribution is 6.28. The van der Waals surface area contributed by atoms with E-state index in [1.807, 2.05) is 47.7 Å². The van der Waals surface area contributed by atoms with E-state index >= 15 is 0 Å². The van der Waals surface area contributed by atoms with E-state index in [0.717, 1.165) is 48.3 Å². The molecule has 8 heteroatoms. The fraction of sp³-hybridized carbons (Fsp3) is 0.650. The van der Waals surface area contributed by atoms with Crippen LogP contribution in [0.3, 0.4) is 0 Å². The van der Waals surface area contributed by atoms with Gasteiger partial charge in [-0.25, -0.2) is 4.79 Å². The van der Waals surface area contributed by atoms with Gasteiger partial charge in [0.05, 0.1) is 5.39 Å². The molecule has 0 atom stereocenters. The van der Waals surface area contributed by atoms with Crippen molar-refractivity contribution in [1.29, 1.82) is 0 Å². The number of nitrogens with zero attached hydrogens (tertiary/aromatic N) is 3. The lowest BCUT2D eigenvalue weighted by Gasteiger charge is -2.33. The van der Waals surface area contributed by atoms with E-state index in [1.165, 1.54) is 0 Å². The Morgan fingerprint density at radius 2 is 1.96 bits per heavy atom. The number of nitrogens with one attached hydrogen (secondary N) is 2. The van der Waals surface area contributed by atoms with Gasteiger partial charge in [-0.2, -0.15) is 9.97 Å². The van der Waals surface area contributed by atoms with E-state index < -0.39 is 5.60 Å². The van der Waals surface area contributed by atoms with Crippen LogP contribution in [-0.2, 0) is 4.74 Å². The number of alkyl carbamates (subject to hydrolysis) is 1. The minimum absolute atomic E-state index is 0.253. The molecule has 3 rings (SSSR count). The summed E-state index contributed by atoms with van der Waals surface area (Å²) in [5.74, 6) is 1.32. The number of ether oxygens (including phenoxy) is 1. The summed E-state index contributed by atoms with van der Waals surface area (Å²) in [6, 6.07) is 0. The number of anilines is 1. The van der Waals surface area contributed by atoms with E-state index in [9.17, 15) is 4.79 Å². The number of piperidine rings is 1. The summed E-state index contributed by atoms with van der Waals surface area (Å²) < 4.78 is 5.29. The minimum Gasteiger partial charge on any atom is -0.444 e. The van der Waals surface area contributed by atoms with Gasteiger partial charge in [0.15, 0.2) is 0 Å². The number of aromatic amines is 1. The van der Waals surface area contributed by atoms with Gasteiger partial charge in [0.1, 0.15) is 17.1 Å². The van der Waals surface area contributed by atoms with Crippen LogP contribution in [0.5, 0.6) is 0 Å². The van der Waals surface area contributed by atoms with E-state index in [2.05, 4.69) is 25.2 Å². The van der Waals surface area contributed by atoms with Crippen LogP contribution in [0.4, 0.5) is 10.6 Å². The predicted molar refractivity (Wildman–Crippen MR) is 114 cm³/mol. The predicted octanol–water partition coefficient (Wildman–Crippen LogP) is 4.69. The number of amides is 1. The molecule has 2 aromatic heterocycles. The maximum atomic E-state index is 11.8. The molecular formula is C20H32ClN5O2. The number of hydrogen-bond donors (Lipinski definition) is 2. The quantitative estimate of drug-likeness (QED) is 0.718. The lowest BCUT2D eigenvalue weighted by molar-refractivity contribution is 0.0517. The number of hydrogen-bond acceptors (Lipinski definition) is 5. The number of carbonyl (C=O) groups is 1. The Bertz CT molecular complexity index is 792. The molecule has 0 aromatic carbocycles. The summed E-state index contributed by atoms with van der Waals surface area (Å²) in [5.41, 5.74) is 1.41. The average Bonchev–Trinajstić information content (AvgIpc) is 3.01. The summed E-state index contributed by atoms with van der Waals surface area (Å²) in [5, 5.41) is 4.16. The fourth-order valence-electron chi connectivity index (χ4n) is 3.26. The molecule has 156 valence electrons. The van der Waals surface area contributed by atoms with Crippen LogP contribution < -0.4 is 10.2 Å². The average molecular weight is 410 g/mol. The first-order chi connectivity index (χ1) is 13.2. The SMILES string of the molecule is CC.Cc1c[nH]c2nc(Cl)nc(N3CCC(CNC(=O)OC(C)(C)C)CC3)c12. The zero-order chi connectivity index (χ0) is 20.9. The molecule has 1 aliphatic heterocycles. The Morgan fingerprint density at radius 1 is 1.32 bits per heavy atom. The van der Waals surface area contributed by atoms with Crippen LogP contribution in [0, 0.1) is 12.8 Å². The summed E-state index contributed by atoms with van der Waals surface area (Å²) in [7, 11) is 0. The maximum Gasteiger partial charge on any atom is 0.407 e. The molecule has 1 saturated heterocycles. The van der Waals surface area contributed by atoms with Crippen LogP contribution in [0.15, 0.2) is 6.20 Å². The zero-order valence-electron chi connectivity index (χ0n) is 17.7. The van der Waals surface area contributed by atoms with Gasteiger partial charge in [-0.15, -0.1) is 0 Å². The molecule has 0 unspecified atom stereocenters. The van der Waals surface area contributed by atoms with Crippen molar-refractivity contribution in [3.8, 4) is 0 Å². The molecule has 1 aliphatic rings. The van der Waals surface area contributed by atoms with Crippen LogP contribution in [0.25, 0.3) is 11.0 Å². The molecule has 1 amide bonds. The second kappa shape index (κ2) is 9.45. The number of H-pyrrole nitrogens is 1. The Morgan fingerprint density at radius 3 is 2.57 bits per heavy atom.